The minimum Gasteiger partial charge on any atom is -0.0836 e. The molecule has 0 nitrogen and oxygen atoms in total. The van der Waals surface area contributed by atoms with Crippen molar-refractivity contribution >= 4 is 0 Å². The van der Waals surface area contributed by atoms with Gasteiger partial charge in [0.05, 0.1) is 0 Å². The highest BCUT2D eigenvalue weighted by molar-refractivity contribution is 5.38. The molecule has 0 fully saturated rings. The maximum Gasteiger partial charge on any atom is 0.00557 e. The van der Waals surface area contributed by atoms with Crippen molar-refractivity contribution in [1.29, 1.82) is 0 Å². The first-order valence-corrected chi connectivity index (χ1v) is 4.68. The molecule has 0 heteroatoms. The Morgan fingerprint density at radius 1 is 1.17 bits per heavy atom. The lowest BCUT2D eigenvalue weighted by molar-refractivity contribution is 0.780. The standard InChI is InChI=1S/C10H10.C2H6/c1-2-6-10-8-4-3-7-9(10)5-1;1-2/h1-7,10H,8H2;1-2H3. The van der Waals surface area contributed by atoms with Crippen LogP contribution in [0.4, 0.5) is 0 Å². The summed E-state index contributed by atoms with van der Waals surface area (Å²) in [4.78, 5) is 0. The second-order valence-electron chi connectivity index (χ2n) is 2.68. The van der Waals surface area contributed by atoms with E-state index in [1.807, 2.05) is 13.8 Å². The highest BCUT2D eigenvalue weighted by Gasteiger charge is 2.10. The van der Waals surface area contributed by atoms with Crippen LogP contribution in [0.2, 0.25) is 0 Å². The molecule has 0 aromatic heterocycles. The summed E-state index contributed by atoms with van der Waals surface area (Å²) in [6.45, 7) is 4.00. The monoisotopic (exact) mass is 160 g/mol. The first-order valence-electron chi connectivity index (χ1n) is 4.68. The molecule has 0 aromatic carbocycles. The van der Waals surface area contributed by atoms with Gasteiger partial charge in [-0.05, 0) is 12.0 Å². The summed E-state index contributed by atoms with van der Waals surface area (Å²) < 4.78 is 0. The van der Waals surface area contributed by atoms with E-state index < -0.39 is 0 Å². The summed E-state index contributed by atoms with van der Waals surface area (Å²) in [5.41, 5.74) is 1.45. The highest BCUT2D eigenvalue weighted by Crippen LogP contribution is 2.25. The van der Waals surface area contributed by atoms with Crippen LogP contribution in [0.3, 0.4) is 0 Å². The topological polar surface area (TPSA) is 0 Å². The lowest BCUT2D eigenvalue weighted by Gasteiger charge is -2.16. The highest BCUT2D eigenvalue weighted by atomic mass is 14.1. The molecule has 64 valence electrons. The molecule has 2 rings (SSSR count). The van der Waals surface area contributed by atoms with Crippen LogP contribution in [0.1, 0.15) is 20.3 Å². The molecule has 0 saturated carbocycles. The molecule has 1 unspecified atom stereocenters. The van der Waals surface area contributed by atoms with Gasteiger partial charge in [0.2, 0.25) is 0 Å². The summed E-state index contributed by atoms with van der Waals surface area (Å²) in [6.07, 6.45) is 16.4. The minimum atomic E-state index is 0.662. The average molecular weight is 160 g/mol. The Morgan fingerprint density at radius 2 is 2.00 bits per heavy atom. The van der Waals surface area contributed by atoms with Crippen molar-refractivity contribution in [2.45, 2.75) is 20.3 Å². The van der Waals surface area contributed by atoms with E-state index in [0.717, 1.165) is 0 Å². The van der Waals surface area contributed by atoms with Crippen LogP contribution in [-0.4, -0.2) is 0 Å². The molecule has 0 amide bonds. The third-order valence-corrected chi connectivity index (χ3v) is 1.99. The Kier molecular flexibility index (Phi) is 3.59. The van der Waals surface area contributed by atoms with Crippen LogP contribution in [-0.2, 0) is 0 Å². The molecule has 2 aliphatic carbocycles. The molecule has 0 aromatic rings. The molecule has 0 spiro atoms. The average Bonchev–Trinajstić information content (AvgIpc) is 2.21. The molecule has 0 heterocycles. The molecule has 2 aliphatic rings. The van der Waals surface area contributed by atoms with Crippen LogP contribution < -0.4 is 0 Å². The van der Waals surface area contributed by atoms with Gasteiger partial charge in [-0.15, -0.1) is 0 Å². The number of hydrogen-bond donors (Lipinski definition) is 0. The molecule has 12 heavy (non-hydrogen) atoms. The summed E-state index contributed by atoms with van der Waals surface area (Å²) in [6, 6.07) is 0. The van der Waals surface area contributed by atoms with Crippen LogP contribution in [0.25, 0.3) is 0 Å². The molecule has 0 saturated heterocycles. The molecule has 0 radical (unpaired) electrons. The van der Waals surface area contributed by atoms with Crippen molar-refractivity contribution in [3.05, 3.63) is 48.1 Å². The molecule has 0 aliphatic heterocycles. The van der Waals surface area contributed by atoms with Gasteiger partial charge in [-0.3, -0.25) is 0 Å². The first-order chi connectivity index (χ1) is 5.97. The van der Waals surface area contributed by atoms with Crippen molar-refractivity contribution in [3.63, 3.8) is 0 Å². The molecule has 1 atom stereocenters. The fraction of sp³-hybridized carbons (Fsp3) is 0.333. The SMILES string of the molecule is C1=CCC2C=CC=CC2=C1.CC. The smallest absolute Gasteiger partial charge is 0.00557 e. The summed E-state index contributed by atoms with van der Waals surface area (Å²) in [5, 5.41) is 0. The quantitative estimate of drug-likeness (QED) is 0.507. The van der Waals surface area contributed by atoms with Crippen LogP contribution in [0.15, 0.2) is 48.1 Å². The largest absolute Gasteiger partial charge is 0.0836 e. The maximum atomic E-state index is 2.26. The summed E-state index contributed by atoms with van der Waals surface area (Å²) in [5.74, 6) is 0.662. The van der Waals surface area contributed by atoms with Gasteiger partial charge in [0, 0.05) is 5.92 Å². The van der Waals surface area contributed by atoms with Crippen molar-refractivity contribution in [2.24, 2.45) is 5.92 Å². The third-order valence-electron chi connectivity index (χ3n) is 1.99. The predicted octanol–water partition coefficient (Wildman–Crippen LogP) is 3.64. The van der Waals surface area contributed by atoms with Crippen LogP contribution in [0, 0.1) is 5.92 Å². The third kappa shape index (κ3) is 1.97. The molecule has 0 bridgehead atoms. The number of allylic oxidation sites excluding steroid dienone is 8. The molecule has 0 N–H and O–H groups in total. The van der Waals surface area contributed by atoms with E-state index in [1.54, 1.807) is 0 Å². The Hall–Kier alpha value is -1.04. The first kappa shape index (κ1) is 9.05. The Balaban J connectivity index is 0.000000336. The van der Waals surface area contributed by atoms with E-state index in [1.165, 1.54) is 12.0 Å². The van der Waals surface area contributed by atoms with Gasteiger partial charge in [0.15, 0.2) is 0 Å². The zero-order valence-corrected chi connectivity index (χ0v) is 7.83. The second-order valence-corrected chi connectivity index (χ2v) is 2.68. The zero-order chi connectivity index (χ0) is 8.81. The van der Waals surface area contributed by atoms with Gasteiger partial charge in [0.1, 0.15) is 0 Å². The van der Waals surface area contributed by atoms with Crippen molar-refractivity contribution < 1.29 is 0 Å². The van der Waals surface area contributed by atoms with Crippen molar-refractivity contribution in [3.8, 4) is 0 Å². The van der Waals surface area contributed by atoms with Gasteiger partial charge in [0.25, 0.3) is 0 Å². The van der Waals surface area contributed by atoms with Gasteiger partial charge >= 0.3 is 0 Å². The van der Waals surface area contributed by atoms with E-state index in [9.17, 15) is 0 Å². The van der Waals surface area contributed by atoms with Crippen molar-refractivity contribution in [2.75, 3.05) is 0 Å². The number of rotatable bonds is 0. The van der Waals surface area contributed by atoms with Gasteiger partial charge in [-0.1, -0.05) is 56.4 Å². The van der Waals surface area contributed by atoms with E-state index in [4.69, 9.17) is 0 Å². The van der Waals surface area contributed by atoms with Crippen LogP contribution in [0.5, 0.6) is 0 Å². The molecular weight excluding hydrogens is 144 g/mol. The van der Waals surface area contributed by atoms with Gasteiger partial charge in [-0.25, -0.2) is 0 Å². The second kappa shape index (κ2) is 4.76. The summed E-state index contributed by atoms with van der Waals surface area (Å²) in [7, 11) is 0. The van der Waals surface area contributed by atoms with Crippen LogP contribution >= 0.6 is 0 Å². The van der Waals surface area contributed by atoms with E-state index in [2.05, 4.69) is 42.5 Å². The van der Waals surface area contributed by atoms with Gasteiger partial charge in [-0.2, -0.15) is 0 Å². The number of fused-ring (bicyclic) bond motifs is 1. The lowest BCUT2D eigenvalue weighted by Crippen LogP contribution is -2.02. The predicted molar refractivity (Wildman–Crippen MR) is 55.0 cm³/mol. The molecular formula is C12H16. The van der Waals surface area contributed by atoms with E-state index in [0.29, 0.717) is 5.92 Å². The fourth-order valence-corrected chi connectivity index (χ4v) is 1.40. The fourth-order valence-electron chi connectivity index (χ4n) is 1.40. The van der Waals surface area contributed by atoms with E-state index in [-0.39, 0.29) is 0 Å². The lowest BCUT2D eigenvalue weighted by atomic mass is 9.88. The van der Waals surface area contributed by atoms with Crippen molar-refractivity contribution in [1.82, 2.24) is 0 Å². The normalized spacial score (nSPS) is 23.8. The maximum absolute atomic E-state index is 2.26. The summed E-state index contributed by atoms with van der Waals surface area (Å²) >= 11 is 0. The van der Waals surface area contributed by atoms with E-state index >= 15 is 0 Å². The van der Waals surface area contributed by atoms with Gasteiger partial charge < -0.3 is 0 Å². The zero-order valence-electron chi connectivity index (χ0n) is 7.83. The Bertz CT molecular complexity index is 239. The Labute approximate surface area is 75.0 Å². The Morgan fingerprint density at radius 3 is 2.75 bits per heavy atom. The minimum absolute atomic E-state index is 0.662. The number of hydrogen-bond acceptors (Lipinski definition) is 0.